The van der Waals surface area contributed by atoms with Gasteiger partial charge in [0, 0.05) is 38.8 Å². The number of hydrogen-bond acceptors (Lipinski definition) is 5. The first-order valence-corrected chi connectivity index (χ1v) is 8.03. The molecule has 1 aromatic heterocycles. The molecule has 6 heteroatoms. The topological polar surface area (TPSA) is 61.4 Å². The zero-order valence-corrected chi connectivity index (χ0v) is 14.1. The van der Waals surface area contributed by atoms with Crippen LogP contribution in [0.2, 0.25) is 0 Å². The van der Waals surface area contributed by atoms with Crippen molar-refractivity contribution in [3.63, 3.8) is 0 Å². The summed E-state index contributed by atoms with van der Waals surface area (Å²) in [5.74, 6) is 2.02. The molecule has 1 aliphatic heterocycles. The van der Waals surface area contributed by atoms with Crippen molar-refractivity contribution in [2.45, 2.75) is 27.2 Å². The average molecular weight is 305 g/mol. The van der Waals surface area contributed by atoms with Gasteiger partial charge in [0.2, 0.25) is 0 Å². The van der Waals surface area contributed by atoms with Crippen LogP contribution in [-0.2, 0) is 0 Å². The zero-order chi connectivity index (χ0) is 16.1. The Morgan fingerprint density at radius 2 is 1.95 bits per heavy atom. The molecule has 0 radical (unpaired) electrons. The minimum Gasteiger partial charge on any atom is -0.370 e. The lowest BCUT2D eigenvalue weighted by atomic mass is 10.1. The van der Waals surface area contributed by atoms with Gasteiger partial charge in [-0.3, -0.25) is 4.79 Å². The maximum atomic E-state index is 12.6. The molecule has 1 saturated heterocycles. The molecule has 0 saturated carbocycles. The van der Waals surface area contributed by atoms with Gasteiger partial charge in [0.15, 0.2) is 0 Å². The van der Waals surface area contributed by atoms with E-state index in [1.807, 2.05) is 11.8 Å². The molecular weight excluding hydrogens is 278 g/mol. The van der Waals surface area contributed by atoms with E-state index in [-0.39, 0.29) is 5.91 Å². The third kappa shape index (κ3) is 4.66. The van der Waals surface area contributed by atoms with Crippen LogP contribution < -0.4 is 5.32 Å². The lowest BCUT2D eigenvalue weighted by molar-refractivity contribution is 0.0658. The Bertz CT molecular complexity index is 509. The molecule has 2 heterocycles. The highest BCUT2D eigenvalue weighted by atomic mass is 16.2. The second-order valence-corrected chi connectivity index (χ2v) is 6.39. The summed E-state index contributed by atoms with van der Waals surface area (Å²) >= 11 is 0. The van der Waals surface area contributed by atoms with Crippen LogP contribution in [0.1, 0.15) is 36.6 Å². The molecule has 1 amide bonds. The van der Waals surface area contributed by atoms with E-state index in [9.17, 15) is 4.79 Å². The summed E-state index contributed by atoms with van der Waals surface area (Å²) in [4.78, 5) is 25.4. The van der Waals surface area contributed by atoms with Gasteiger partial charge in [-0.25, -0.2) is 9.97 Å². The predicted octanol–water partition coefficient (Wildman–Crippen LogP) is 1.63. The highest BCUT2D eigenvalue weighted by Gasteiger charge is 2.22. The molecule has 0 aliphatic carbocycles. The fraction of sp³-hybridized carbons (Fsp3) is 0.688. The van der Waals surface area contributed by atoms with Gasteiger partial charge < -0.3 is 15.1 Å². The van der Waals surface area contributed by atoms with Crippen LogP contribution in [0.5, 0.6) is 0 Å². The summed E-state index contributed by atoms with van der Waals surface area (Å²) in [6, 6.07) is 1.77. The van der Waals surface area contributed by atoms with Gasteiger partial charge in [-0.05, 0) is 26.3 Å². The van der Waals surface area contributed by atoms with E-state index in [1.54, 1.807) is 6.07 Å². The van der Waals surface area contributed by atoms with Crippen molar-refractivity contribution in [3.8, 4) is 0 Å². The Kier molecular flexibility index (Phi) is 5.71. The second-order valence-electron chi connectivity index (χ2n) is 6.39. The van der Waals surface area contributed by atoms with Crippen molar-refractivity contribution < 1.29 is 4.79 Å². The minimum absolute atomic E-state index is 0.00510. The van der Waals surface area contributed by atoms with E-state index in [0.717, 1.165) is 45.0 Å². The van der Waals surface area contributed by atoms with Crippen molar-refractivity contribution in [3.05, 3.63) is 17.6 Å². The molecule has 0 bridgehead atoms. The van der Waals surface area contributed by atoms with E-state index >= 15 is 0 Å². The number of likely N-dealkylation sites (N-methyl/N-ethyl adjacent to an activating group) is 1. The molecule has 1 aromatic rings. The molecule has 0 unspecified atom stereocenters. The summed E-state index contributed by atoms with van der Waals surface area (Å²) in [5.41, 5.74) is 0.490. The number of carbonyl (C=O) groups is 1. The summed E-state index contributed by atoms with van der Waals surface area (Å²) < 4.78 is 0. The molecule has 122 valence electrons. The van der Waals surface area contributed by atoms with E-state index < -0.39 is 0 Å². The van der Waals surface area contributed by atoms with Crippen LogP contribution >= 0.6 is 0 Å². The number of rotatable bonds is 5. The molecule has 0 spiro atoms. The maximum absolute atomic E-state index is 12.6. The van der Waals surface area contributed by atoms with Gasteiger partial charge in [-0.15, -0.1) is 0 Å². The largest absolute Gasteiger partial charge is 0.370 e. The average Bonchev–Trinajstić information content (AvgIpc) is 2.46. The number of anilines is 1. The Hall–Kier alpha value is -1.69. The second kappa shape index (κ2) is 7.54. The minimum atomic E-state index is 0.00510. The number of nitrogens with one attached hydrogen (secondary N) is 1. The normalized spacial score (nSPS) is 16.1. The van der Waals surface area contributed by atoms with Crippen LogP contribution in [0.25, 0.3) is 0 Å². The lowest BCUT2D eigenvalue weighted by Gasteiger charge is -2.32. The summed E-state index contributed by atoms with van der Waals surface area (Å²) in [7, 11) is 2.08. The molecule has 2 rings (SSSR count). The summed E-state index contributed by atoms with van der Waals surface area (Å²) in [6.45, 7) is 10.4. The molecule has 1 fully saturated rings. The van der Waals surface area contributed by atoms with Crippen LogP contribution in [0.15, 0.2) is 6.07 Å². The molecular formula is C16H27N5O. The van der Waals surface area contributed by atoms with Crippen molar-refractivity contribution in [2.75, 3.05) is 45.1 Å². The number of aromatic nitrogens is 2. The number of carbonyl (C=O) groups excluding carboxylic acids is 1. The van der Waals surface area contributed by atoms with Gasteiger partial charge >= 0.3 is 0 Å². The molecule has 0 atom stereocenters. The van der Waals surface area contributed by atoms with Crippen molar-refractivity contribution >= 4 is 11.7 Å². The maximum Gasteiger partial charge on any atom is 0.272 e. The number of amides is 1. The molecule has 0 aromatic carbocycles. The highest BCUT2D eigenvalue weighted by Crippen LogP contribution is 2.11. The van der Waals surface area contributed by atoms with Crippen molar-refractivity contribution in [1.29, 1.82) is 0 Å². The van der Waals surface area contributed by atoms with Crippen LogP contribution in [0, 0.1) is 12.8 Å². The monoisotopic (exact) mass is 305 g/mol. The van der Waals surface area contributed by atoms with Gasteiger partial charge in [-0.1, -0.05) is 13.8 Å². The molecule has 1 N–H and O–H groups in total. The van der Waals surface area contributed by atoms with E-state index in [2.05, 4.69) is 41.1 Å². The van der Waals surface area contributed by atoms with E-state index in [0.29, 0.717) is 17.4 Å². The van der Waals surface area contributed by atoms with Gasteiger partial charge in [0.1, 0.15) is 17.3 Å². The number of nitrogens with zero attached hydrogens (tertiary/aromatic N) is 4. The zero-order valence-electron chi connectivity index (χ0n) is 14.1. The first-order chi connectivity index (χ1) is 10.5. The molecule has 1 aliphatic rings. The number of aryl methyl sites for hydroxylation is 1. The van der Waals surface area contributed by atoms with Gasteiger partial charge in [-0.2, -0.15) is 0 Å². The van der Waals surface area contributed by atoms with Crippen LogP contribution in [0.4, 0.5) is 5.82 Å². The molecule has 22 heavy (non-hydrogen) atoms. The first kappa shape index (κ1) is 16.7. The SMILES string of the molecule is Cc1nc(NCCC(C)C)cc(C(=O)N2CCN(C)CC2)n1. The Morgan fingerprint density at radius 3 is 2.59 bits per heavy atom. The number of piperazine rings is 1. The van der Waals surface area contributed by atoms with Crippen molar-refractivity contribution in [1.82, 2.24) is 19.8 Å². The Balaban J connectivity index is 2.03. The Labute approximate surface area is 132 Å². The standard InChI is InChI=1S/C16H27N5O/c1-12(2)5-6-17-15-11-14(18-13(3)19-15)16(22)21-9-7-20(4)8-10-21/h11-12H,5-10H2,1-4H3,(H,17,18,19). The van der Waals surface area contributed by atoms with Crippen LogP contribution in [0.3, 0.4) is 0 Å². The van der Waals surface area contributed by atoms with Crippen LogP contribution in [-0.4, -0.2) is 65.4 Å². The lowest BCUT2D eigenvalue weighted by Crippen LogP contribution is -2.47. The first-order valence-electron chi connectivity index (χ1n) is 8.03. The van der Waals surface area contributed by atoms with Crippen molar-refractivity contribution in [2.24, 2.45) is 5.92 Å². The van der Waals surface area contributed by atoms with Gasteiger partial charge in [0.05, 0.1) is 0 Å². The fourth-order valence-corrected chi connectivity index (χ4v) is 2.43. The highest BCUT2D eigenvalue weighted by molar-refractivity contribution is 5.93. The van der Waals surface area contributed by atoms with E-state index in [4.69, 9.17) is 0 Å². The van der Waals surface area contributed by atoms with E-state index in [1.165, 1.54) is 0 Å². The summed E-state index contributed by atoms with van der Waals surface area (Å²) in [5, 5.41) is 3.29. The third-order valence-electron chi connectivity index (χ3n) is 3.88. The molecule has 6 nitrogen and oxygen atoms in total. The number of hydrogen-bond donors (Lipinski definition) is 1. The fourth-order valence-electron chi connectivity index (χ4n) is 2.43. The predicted molar refractivity (Wildman–Crippen MR) is 88.1 cm³/mol. The van der Waals surface area contributed by atoms with Gasteiger partial charge in [0.25, 0.3) is 5.91 Å². The summed E-state index contributed by atoms with van der Waals surface area (Å²) in [6.07, 6.45) is 1.07. The third-order valence-corrected chi connectivity index (χ3v) is 3.88. The smallest absolute Gasteiger partial charge is 0.272 e. The quantitative estimate of drug-likeness (QED) is 0.896. The Morgan fingerprint density at radius 1 is 1.27 bits per heavy atom.